The first kappa shape index (κ1) is 12.5. The van der Waals surface area contributed by atoms with E-state index in [1.165, 1.54) is 22.3 Å². The van der Waals surface area contributed by atoms with Gasteiger partial charge >= 0.3 is 0 Å². The van der Waals surface area contributed by atoms with Gasteiger partial charge in [-0.2, -0.15) is 9.78 Å². The highest BCUT2D eigenvalue weighted by Crippen LogP contribution is 2.21. The third-order valence-electron chi connectivity index (χ3n) is 2.70. The second kappa shape index (κ2) is 5.21. The number of nitrogens with one attached hydrogen (secondary N) is 2. The number of aromatic nitrogens is 6. The Bertz CT molecular complexity index is 715. The maximum atomic E-state index is 12.3. The number of nitrogens with zero attached hydrogens (tertiary/aromatic N) is 5. The largest absolute Gasteiger partial charge is 0.304 e. The molecular formula is C11H11N7OS. The Morgan fingerprint density at radius 3 is 3.15 bits per heavy atom. The zero-order valence-corrected chi connectivity index (χ0v) is 11.4. The zero-order valence-electron chi connectivity index (χ0n) is 10.6. The van der Waals surface area contributed by atoms with E-state index in [0.717, 1.165) is 12.1 Å². The van der Waals surface area contributed by atoms with Gasteiger partial charge in [-0.3, -0.25) is 9.89 Å². The highest BCUT2D eigenvalue weighted by atomic mass is 32.1. The van der Waals surface area contributed by atoms with Crippen LogP contribution in [-0.2, 0) is 6.42 Å². The van der Waals surface area contributed by atoms with Crippen molar-refractivity contribution in [1.29, 1.82) is 0 Å². The first-order chi connectivity index (χ1) is 9.78. The number of carbonyl (C=O) groups excluding carboxylic acids is 1. The van der Waals surface area contributed by atoms with E-state index >= 15 is 0 Å². The molecule has 3 rings (SSSR count). The molecule has 3 heterocycles. The van der Waals surface area contributed by atoms with Gasteiger partial charge in [0.05, 0.1) is 5.69 Å². The molecule has 20 heavy (non-hydrogen) atoms. The number of anilines is 1. The van der Waals surface area contributed by atoms with E-state index in [-0.39, 0.29) is 5.91 Å². The van der Waals surface area contributed by atoms with Crippen molar-refractivity contribution < 1.29 is 4.79 Å². The van der Waals surface area contributed by atoms with Gasteiger partial charge in [-0.05, 0) is 28.3 Å². The number of hydrogen-bond donors (Lipinski definition) is 2. The van der Waals surface area contributed by atoms with E-state index in [4.69, 9.17) is 0 Å². The van der Waals surface area contributed by atoms with Crippen molar-refractivity contribution in [3.8, 4) is 5.69 Å². The minimum Gasteiger partial charge on any atom is -0.304 e. The summed E-state index contributed by atoms with van der Waals surface area (Å²) in [4.78, 5) is 12.8. The van der Waals surface area contributed by atoms with Gasteiger partial charge in [0.25, 0.3) is 5.91 Å². The smallest absolute Gasteiger partial charge is 0.269 e. The lowest BCUT2D eigenvalue weighted by molar-refractivity contribution is 0.103. The number of thiophene rings is 1. The summed E-state index contributed by atoms with van der Waals surface area (Å²) < 4.78 is 1.45. The number of carbonyl (C=O) groups is 1. The number of aryl methyl sites for hydroxylation is 1. The highest BCUT2D eigenvalue weighted by molar-refractivity contribution is 7.12. The summed E-state index contributed by atoms with van der Waals surface area (Å²) in [6, 6.07) is 3.60. The maximum Gasteiger partial charge on any atom is 0.269 e. The molecular weight excluding hydrogens is 278 g/mol. The molecule has 0 atom stereocenters. The van der Waals surface area contributed by atoms with Gasteiger partial charge in [0.2, 0.25) is 0 Å². The topological polar surface area (TPSA) is 101 Å². The van der Waals surface area contributed by atoms with Crippen molar-refractivity contribution in [3.05, 3.63) is 34.4 Å². The summed E-state index contributed by atoms with van der Waals surface area (Å²) in [5.74, 6) is 0.266. The lowest BCUT2D eigenvalue weighted by Gasteiger charge is -2.02. The lowest BCUT2D eigenvalue weighted by Crippen LogP contribution is -2.13. The van der Waals surface area contributed by atoms with Gasteiger partial charge < -0.3 is 5.32 Å². The van der Waals surface area contributed by atoms with Crippen molar-refractivity contribution in [2.75, 3.05) is 5.32 Å². The average molecular weight is 289 g/mol. The molecule has 0 saturated heterocycles. The second-order valence-electron chi connectivity index (χ2n) is 3.98. The van der Waals surface area contributed by atoms with Gasteiger partial charge in [-0.1, -0.05) is 6.92 Å². The van der Waals surface area contributed by atoms with E-state index in [0.29, 0.717) is 16.4 Å². The fraction of sp³-hybridized carbons (Fsp3) is 0.182. The van der Waals surface area contributed by atoms with Gasteiger partial charge in [0.1, 0.15) is 11.2 Å². The van der Waals surface area contributed by atoms with Crippen molar-refractivity contribution in [2.24, 2.45) is 0 Å². The molecule has 0 spiro atoms. The normalized spacial score (nSPS) is 10.7. The number of amides is 1. The van der Waals surface area contributed by atoms with Crippen LogP contribution in [0.15, 0.2) is 23.8 Å². The molecule has 0 radical (unpaired) electrons. The molecule has 0 aliphatic heterocycles. The van der Waals surface area contributed by atoms with Gasteiger partial charge in [0.15, 0.2) is 5.82 Å². The molecule has 3 aromatic heterocycles. The first-order valence-corrected chi connectivity index (χ1v) is 6.82. The van der Waals surface area contributed by atoms with E-state index in [9.17, 15) is 4.79 Å². The van der Waals surface area contributed by atoms with Crippen molar-refractivity contribution in [3.63, 3.8) is 0 Å². The minimum absolute atomic E-state index is 0.236. The standard InChI is InChI=1S/C11H11N7OS/c1-2-7-5-9(15-14-7)13-11(19)10-8(3-4-20-10)18-6-12-16-17-18/h3-6H,2H2,1H3,(H2,13,14,15,19). The van der Waals surface area contributed by atoms with Crippen molar-refractivity contribution in [2.45, 2.75) is 13.3 Å². The predicted octanol–water partition coefficient (Wildman–Crippen LogP) is 1.26. The number of H-pyrrole nitrogens is 1. The molecule has 0 fully saturated rings. The average Bonchev–Trinajstić information content (AvgIpc) is 3.19. The number of aromatic amines is 1. The van der Waals surface area contributed by atoms with Gasteiger partial charge in [0, 0.05) is 11.8 Å². The van der Waals surface area contributed by atoms with E-state index < -0.39 is 0 Å². The molecule has 2 N–H and O–H groups in total. The fourth-order valence-corrected chi connectivity index (χ4v) is 2.48. The van der Waals surface area contributed by atoms with E-state index in [1.807, 2.05) is 18.4 Å². The summed E-state index contributed by atoms with van der Waals surface area (Å²) in [5, 5.41) is 22.4. The van der Waals surface area contributed by atoms with Crippen LogP contribution >= 0.6 is 11.3 Å². The summed E-state index contributed by atoms with van der Waals surface area (Å²) in [6.45, 7) is 2.01. The van der Waals surface area contributed by atoms with E-state index in [2.05, 4.69) is 31.0 Å². The molecule has 3 aromatic rings. The SMILES string of the molecule is CCc1cc(NC(=O)c2sccc2-n2cnnn2)n[nH]1. The van der Waals surface area contributed by atoms with Crippen LogP contribution < -0.4 is 5.32 Å². The number of rotatable bonds is 4. The molecule has 0 aliphatic rings. The molecule has 9 heteroatoms. The Balaban J connectivity index is 1.83. The molecule has 0 aromatic carbocycles. The third-order valence-corrected chi connectivity index (χ3v) is 3.60. The van der Waals surface area contributed by atoms with Gasteiger partial charge in [-0.15, -0.1) is 16.4 Å². The van der Waals surface area contributed by atoms with Crippen LogP contribution in [0.25, 0.3) is 5.69 Å². The Labute approximate surface area is 117 Å². The summed E-state index contributed by atoms with van der Waals surface area (Å²) in [5.41, 5.74) is 1.61. The monoisotopic (exact) mass is 289 g/mol. The number of hydrogen-bond acceptors (Lipinski definition) is 6. The van der Waals surface area contributed by atoms with Crippen molar-refractivity contribution >= 4 is 23.1 Å². The molecule has 1 amide bonds. The highest BCUT2D eigenvalue weighted by Gasteiger charge is 2.16. The Morgan fingerprint density at radius 2 is 2.45 bits per heavy atom. The van der Waals surface area contributed by atoms with Crippen molar-refractivity contribution in [1.82, 2.24) is 30.4 Å². The van der Waals surface area contributed by atoms with Crippen LogP contribution in [0.5, 0.6) is 0 Å². The molecule has 0 aliphatic carbocycles. The fourth-order valence-electron chi connectivity index (χ4n) is 1.70. The maximum absolute atomic E-state index is 12.3. The minimum atomic E-state index is -0.236. The van der Waals surface area contributed by atoms with Crippen LogP contribution in [0.4, 0.5) is 5.82 Å². The van der Waals surface area contributed by atoms with Crippen LogP contribution in [0.1, 0.15) is 22.3 Å². The summed E-state index contributed by atoms with van der Waals surface area (Å²) in [7, 11) is 0. The third kappa shape index (κ3) is 2.30. The van der Waals surface area contributed by atoms with E-state index in [1.54, 1.807) is 6.07 Å². The van der Waals surface area contributed by atoms with Gasteiger partial charge in [-0.25, -0.2) is 0 Å². The van der Waals surface area contributed by atoms with Crippen LogP contribution in [0.3, 0.4) is 0 Å². The molecule has 0 bridgehead atoms. The van der Waals surface area contributed by atoms with Crippen LogP contribution in [0, 0.1) is 0 Å². The summed E-state index contributed by atoms with van der Waals surface area (Å²) >= 11 is 1.32. The Kier molecular flexibility index (Phi) is 3.25. The first-order valence-electron chi connectivity index (χ1n) is 5.94. The predicted molar refractivity (Wildman–Crippen MR) is 72.9 cm³/mol. The quantitative estimate of drug-likeness (QED) is 0.753. The molecule has 8 nitrogen and oxygen atoms in total. The zero-order chi connectivity index (χ0) is 13.9. The Morgan fingerprint density at radius 1 is 1.55 bits per heavy atom. The number of tetrazole rings is 1. The van der Waals surface area contributed by atoms with Crippen LogP contribution in [0.2, 0.25) is 0 Å². The lowest BCUT2D eigenvalue weighted by atomic mass is 10.3. The molecule has 0 unspecified atom stereocenters. The molecule has 102 valence electrons. The summed E-state index contributed by atoms with van der Waals surface area (Å²) in [6.07, 6.45) is 2.28. The second-order valence-corrected chi connectivity index (χ2v) is 4.89. The Hall–Kier alpha value is -2.55. The molecule has 0 saturated carbocycles. The van der Waals surface area contributed by atoms with Crippen LogP contribution in [-0.4, -0.2) is 36.3 Å².